The molecule has 0 radical (unpaired) electrons. The van der Waals surface area contributed by atoms with E-state index in [-0.39, 0.29) is 15.6 Å². The molecule has 3 rings (SSSR count). The second-order valence-electron chi connectivity index (χ2n) is 5.65. The highest BCUT2D eigenvalue weighted by molar-refractivity contribution is 8.26. The molecule has 1 aliphatic heterocycles. The Bertz CT molecular complexity index is 899. The zero-order valence-electron chi connectivity index (χ0n) is 13.5. The number of carboxylic acid groups (broad SMARTS) is 1. The second-order valence-corrected chi connectivity index (χ2v) is 7.33. The summed E-state index contributed by atoms with van der Waals surface area (Å²) in [6.45, 7) is 0. The van der Waals surface area contributed by atoms with E-state index in [1.807, 2.05) is 18.2 Å². The van der Waals surface area contributed by atoms with E-state index in [2.05, 4.69) is 0 Å². The van der Waals surface area contributed by atoms with Crippen LogP contribution in [0.2, 0.25) is 0 Å². The van der Waals surface area contributed by atoms with Crippen LogP contribution in [0.15, 0.2) is 59.5 Å². The molecule has 1 fully saturated rings. The topological polar surface area (TPSA) is 57.6 Å². The maximum absolute atomic E-state index is 13.3. The molecule has 1 atom stereocenters. The normalized spacial score (nSPS) is 17.0. The summed E-state index contributed by atoms with van der Waals surface area (Å²) in [4.78, 5) is 25.9. The van der Waals surface area contributed by atoms with E-state index in [9.17, 15) is 19.1 Å². The van der Waals surface area contributed by atoms with E-state index in [1.165, 1.54) is 24.3 Å². The number of amides is 1. The van der Waals surface area contributed by atoms with Gasteiger partial charge in [0.2, 0.25) is 0 Å². The van der Waals surface area contributed by atoms with Gasteiger partial charge in [0, 0.05) is 6.42 Å². The van der Waals surface area contributed by atoms with Gasteiger partial charge in [0.1, 0.15) is 16.2 Å². The number of carbonyl (C=O) groups is 2. The van der Waals surface area contributed by atoms with Gasteiger partial charge >= 0.3 is 5.97 Å². The van der Waals surface area contributed by atoms with E-state index < -0.39 is 23.7 Å². The van der Waals surface area contributed by atoms with Gasteiger partial charge in [-0.25, -0.2) is 9.18 Å². The van der Waals surface area contributed by atoms with Crippen LogP contribution in [0.4, 0.5) is 4.39 Å². The first-order valence-corrected chi connectivity index (χ1v) is 8.97. The number of hydrogen-bond acceptors (Lipinski definition) is 4. The lowest BCUT2D eigenvalue weighted by Crippen LogP contribution is -2.45. The number of halogens is 1. The first-order valence-electron chi connectivity index (χ1n) is 7.75. The van der Waals surface area contributed by atoms with Gasteiger partial charge in [-0.1, -0.05) is 66.4 Å². The number of thioether (sulfide) groups is 1. The molecule has 1 amide bonds. The van der Waals surface area contributed by atoms with E-state index in [0.29, 0.717) is 5.56 Å². The number of carboxylic acids is 1. The van der Waals surface area contributed by atoms with Crippen molar-refractivity contribution in [2.75, 3.05) is 0 Å². The summed E-state index contributed by atoms with van der Waals surface area (Å²) in [6.07, 6.45) is 1.67. The number of rotatable bonds is 5. The molecule has 1 saturated heterocycles. The fourth-order valence-electron chi connectivity index (χ4n) is 2.62. The molecule has 1 heterocycles. The number of carbonyl (C=O) groups excluding carboxylic acids is 1. The average Bonchev–Trinajstić information content (AvgIpc) is 2.87. The highest BCUT2D eigenvalue weighted by Crippen LogP contribution is 2.34. The molecule has 2 aromatic rings. The number of benzene rings is 2. The van der Waals surface area contributed by atoms with Crippen LogP contribution in [0.3, 0.4) is 0 Å². The van der Waals surface area contributed by atoms with Crippen molar-refractivity contribution in [3.05, 3.63) is 76.4 Å². The summed E-state index contributed by atoms with van der Waals surface area (Å²) < 4.78 is 13.5. The van der Waals surface area contributed by atoms with Crippen molar-refractivity contribution < 1.29 is 19.1 Å². The van der Waals surface area contributed by atoms with Gasteiger partial charge in [-0.2, -0.15) is 0 Å². The number of aliphatic carboxylic acids is 1. The Hall–Kier alpha value is -2.51. The third-order valence-corrected chi connectivity index (χ3v) is 5.17. The minimum absolute atomic E-state index is 0.149. The zero-order chi connectivity index (χ0) is 18.7. The monoisotopic (exact) mass is 387 g/mol. The van der Waals surface area contributed by atoms with Crippen molar-refractivity contribution in [1.29, 1.82) is 0 Å². The maximum atomic E-state index is 13.3. The first kappa shape index (κ1) is 18.3. The molecule has 0 aliphatic carbocycles. The first-order chi connectivity index (χ1) is 12.5. The molecular formula is C19H14FNO3S2. The molecule has 1 aliphatic rings. The Balaban J connectivity index is 1.88. The SMILES string of the molecule is O=C(O)[C@H](Cc1ccccc1)N1C(=O)/C(=C/c2cccc(F)c2)SC1=S. The Morgan fingerprint density at radius 3 is 2.62 bits per heavy atom. The summed E-state index contributed by atoms with van der Waals surface area (Å²) in [6, 6.07) is 13.8. The molecule has 0 saturated carbocycles. The average molecular weight is 387 g/mol. The molecule has 26 heavy (non-hydrogen) atoms. The quantitative estimate of drug-likeness (QED) is 0.626. The van der Waals surface area contributed by atoms with E-state index in [4.69, 9.17) is 12.2 Å². The van der Waals surface area contributed by atoms with Gasteiger partial charge in [0.25, 0.3) is 5.91 Å². The van der Waals surface area contributed by atoms with E-state index in [0.717, 1.165) is 22.2 Å². The molecule has 0 unspecified atom stereocenters. The smallest absolute Gasteiger partial charge is 0.327 e. The molecule has 132 valence electrons. The van der Waals surface area contributed by atoms with Gasteiger partial charge in [0.05, 0.1) is 4.91 Å². The Morgan fingerprint density at radius 2 is 1.96 bits per heavy atom. The lowest BCUT2D eigenvalue weighted by molar-refractivity contribution is -0.145. The molecule has 0 spiro atoms. The maximum Gasteiger partial charge on any atom is 0.327 e. The van der Waals surface area contributed by atoms with Crippen LogP contribution in [-0.2, 0) is 16.0 Å². The molecule has 0 aromatic heterocycles. The van der Waals surface area contributed by atoms with Gasteiger partial charge in [-0.3, -0.25) is 9.69 Å². The minimum Gasteiger partial charge on any atom is -0.480 e. The molecule has 7 heteroatoms. The zero-order valence-corrected chi connectivity index (χ0v) is 15.1. The van der Waals surface area contributed by atoms with Crippen molar-refractivity contribution in [1.82, 2.24) is 4.90 Å². The number of nitrogens with zero attached hydrogens (tertiary/aromatic N) is 1. The molecule has 2 aromatic carbocycles. The molecule has 1 N–H and O–H groups in total. The summed E-state index contributed by atoms with van der Waals surface area (Å²) in [5.74, 6) is -2.02. The summed E-state index contributed by atoms with van der Waals surface area (Å²) in [5, 5.41) is 9.61. The predicted molar refractivity (Wildman–Crippen MR) is 103 cm³/mol. The van der Waals surface area contributed by atoms with E-state index >= 15 is 0 Å². The van der Waals surface area contributed by atoms with Crippen LogP contribution < -0.4 is 0 Å². The summed E-state index contributed by atoms with van der Waals surface area (Å²) in [5.41, 5.74) is 1.31. The predicted octanol–water partition coefficient (Wildman–Crippen LogP) is 3.72. The highest BCUT2D eigenvalue weighted by Gasteiger charge is 2.40. The van der Waals surface area contributed by atoms with Crippen molar-refractivity contribution in [3.63, 3.8) is 0 Å². The van der Waals surface area contributed by atoms with Crippen LogP contribution in [-0.4, -0.2) is 32.2 Å². The second kappa shape index (κ2) is 7.80. The van der Waals surface area contributed by atoms with Crippen molar-refractivity contribution in [3.8, 4) is 0 Å². The van der Waals surface area contributed by atoms with E-state index in [1.54, 1.807) is 18.2 Å². The van der Waals surface area contributed by atoms with Crippen LogP contribution in [0.25, 0.3) is 6.08 Å². The van der Waals surface area contributed by atoms with Gasteiger partial charge in [0.15, 0.2) is 0 Å². The van der Waals surface area contributed by atoms with Crippen molar-refractivity contribution in [2.24, 2.45) is 0 Å². The van der Waals surface area contributed by atoms with Crippen LogP contribution in [0.5, 0.6) is 0 Å². The van der Waals surface area contributed by atoms with Crippen LogP contribution in [0.1, 0.15) is 11.1 Å². The molecular weight excluding hydrogens is 373 g/mol. The summed E-state index contributed by atoms with van der Waals surface area (Å²) in [7, 11) is 0. The minimum atomic E-state index is -1.13. The van der Waals surface area contributed by atoms with Gasteiger partial charge in [-0.15, -0.1) is 0 Å². The van der Waals surface area contributed by atoms with Crippen LogP contribution >= 0.6 is 24.0 Å². The van der Waals surface area contributed by atoms with Gasteiger partial charge in [-0.05, 0) is 29.3 Å². The highest BCUT2D eigenvalue weighted by atomic mass is 32.2. The Kier molecular flexibility index (Phi) is 5.49. The molecule has 4 nitrogen and oxygen atoms in total. The summed E-state index contributed by atoms with van der Waals surface area (Å²) >= 11 is 6.26. The lowest BCUT2D eigenvalue weighted by atomic mass is 10.0. The third kappa shape index (κ3) is 4.00. The Labute approximate surface area is 159 Å². The number of thiocarbonyl (C=S) groups is 1. The largest absolute Gasteiger partial charge is 0.480 e. The fourth-order valence-corrected chi connectivity index (χ4v) is 3.98. The third-order valence-electron chi connectivity index (χ3n) is 3.84. The van der Waals surface area contributed by atoms with Crippen molar-refractivity contribution in [2.45, 2.75) is 12.5 Å². The standard InChI is InChI=1S/C19H14FNO3S2/c20-14-8-4-7-13(9-14)11-16-17(22)21(19(25)26-16)15(18(23)24)10-12-5-2-1-3-6-12/h1-9,11,15H,10H2,(H,23,24)/b16-11-/t15-/m0/s1. The van der Waals surface area contributed by atoms with Crippen molar-refractivity contribution >= 4 is 46.3 Å². The Morgan fingerprint density at radius 1 is 1.23 bits per heavy atom. The van der Waals surface area contributed by atoms with Crippen LogP contribution in [0, 0.1) is 5.82 Å². The number of hydrogen-bond donors (Lipinski definition) is 1. The fraction of sp³-hybridized carbons (Fsp3) is 0.105. The van der Waals surface area contributed by atoms with Gasteiger partial charge < -0.3 is 5.11 Å². The molecule has 0 bridgehead atoms. The lowest BCUT2D eigenvalue weighted by Gasteiger charge is -2.23.